The average molecular weight is 237 g/mol. The zero-order chi connectivity index (χ0) is 9.26. The largest absolute Gasteiger partial charge is 0.237 e. The molecule has 0 aliphatic carbocycles. The molecule has 0 radical (unpaired) electrons. The third-order valence-corrected chi connectivity index (χ3v) is 2.58. The van der Waals surface area contributed by atoms with Crippen LogP contribution in [-0.2, 0) is 0 Å². The van der Waals surface area contributed by atoms with E-state index >= 15 is 0 Å². The number of hydrogen-bond acceptors (Lipinski definition) is 1. The summed E-state index contributed by atoms with van der Waals surface area (Å²) in [7, 11) is 0. The van der Waals surface area contributed by atoms with Gasteiger partial charge in [-0.05, 0) is 41.1 Å². The normalized spacial score (nSPS) is 10.3. The SMILES string of the molecule is Cc1ccnn1-c1ccccc1Br. The summed E-state index contributed by atoms with van der Waals surface area (Å²) in [5.41, 5.74) is 2.21. The van der Waals surface area contributed by atoms with Gasteiger partial charge in [-0.1, -0.05) is 12.1 Å². The fourth-order valence-electron chi connectivity index (χ4n) is 1.25. The van der Waals surface area contributed by atoms with Crippen molar-refractivity contribution in [1.29, 1.82) is 0 Å². The first-order valence-corrected chi connectivity index (χ1v) is 4.84. The first-order valence-electron chi connectivity index (χ1n) is 4.04. The molecule has 2 rings (SSSR count). The summed E-state index contributed by atoms with van der Waals surface area (Å²) in [5, 5.41) is 4.23. The van der Waals surface area contributed by atoms with E-state index in [1.54, 1.807) is 6.20 Å². The van der Waals surface area contributed by atoms with Gasteiger partial charge in [-0.15, -0.1) is 0 Å². The number of para-hydroxylation sites is 1. The highest BCUT2D eigenvalue weighted by Gasteiger charge is 2.03. The standard InChI is InChI=1S/C10H9BrN2/c1-8-6-7-12-13(8)10-5-3-2-4-9(10)11/h2-7H,1H3. The van der Waals surface area contributed by atoms with Crippen LogP contribution in [0, 0.1) is 6.92 Å². The van der Waals surface area contributed by atoms with Gasteiger partial charge in [0, 0.05) is 16.4 Å². The van der Waals surface area contributed by atoms with Crippen molar-refractivity contribution >= 4 is 15.9 Å². The molecule has 2 aromatic rings. The number of benzene rings is 1. The van der Waals surface area contributed by atoms with E-state index < -0.39 is 0 Å². The van der Waals surface area contributed by atoms with Crippen molar-refractivity contribution in [2.45, 2.75) is 6.92 Å². The third-order valence-electron chi connectivity index (χ3n) is 1.91. The molecule has 0 saturated carbocycles. The van der Waals surface area contributed by atoms with Gasteiger partial charge in [-0.3, -0.25) is 0 Å². The van der Waals surface area contributed by atoms with Crippen molar-refractivity contribution in [2.75, 3.05) is 0 Å². The molecule has 1 aromatic heterocycles. The van der Waals surface area contributed by atoms with Crippen LogP contribution < -0.4 is 0 Å². The Labute approximate surface area is 85.3 Å². The van der Waals surface area contributed by atoms with E-state index in [9.17, 15) is 0 Å². The Hall–Kier alpha value is -1.09. The predicted octanol–water partition coefficient (Wildman–Crippen LogP) is 2.94. The summed E-state index contributed by atoms with van der Waals surface area (Å²) >= 11 is 3.49. The molecule has 13 heavy (non-hydrogen) atoms. The molecular formula is C10H9BrN2. The molecule has 0 fully saturated rings. The highest BCUT2D eigenvalue weighted by atomic mass is 79.9. The fraction of sp³-hybridized carbons (Fsp3) is 0.100. The summed E-state index contributed by atoms with van der Waals surface area (Å²) in [6.45, 7) is 2.03. The molecule has 0 N–H and O–H groups in total. The zero-order valence-corrected chi connectivity index (χ0v) is 8.82. The lowest BCUT2D eigenvalue weighted by Gasteiger charge is -2.05. The van der Waals surface area contributed by atoms with Gasteiger partial charge in [0.1, 0.15) is 0 Å². The Morgan fingerprint density at radius 3 is 2.62 bits per heavy atom. The average Bonchev–Trinajstić information content (AvgIpc) is 2.52. The van der Waals surface area contributed by atoms with Gasteiger partial charge < -0.3 is 0 Å². The first kappa shape index (κ1) is 8.51. The minimum atomic E-state index is 1.06. The quantitative estimate of drug-likeness (QED) is 0.745. The fourth-order valence-corrected chi connectivity index (χ4v) is 1.70. The van der Waals surface area contributed by atoms with E-state index in [4.69, 9.17) is 0 Å². The van der Waals surface area contributed by atoms with Crippen molar-refractivity contribution in [3.63, 3.8) is 0 Å². The van der Waals surface area contributed by atoms with Crippen molar-refractivity contribution in [3.05, 3.63) is 46.7 Å². The maximum absolute atomic E-state index is 4.23. The van der Waals surface area contributed by atoms with Crippen LogP contribution in [0.2, 0.25) is 0 Å². The van der Waals surface area contributed by atoms with Crippen molar-refractivity contribution in [1.82, 2.24) is 9.78 Å². The van der Waals surface area contributed by atoms with Crippen LogP contribution in [0.3, 0.4) is 0 Å². The highest BCUT2D eigenvalue weighted by Crippen LogP contribution is 2.20. The molecule has 0 bridgehead atoms. The molecular weight excluding hydrogens is 228 g/mol. The van der Waals surface area contributed by atoms with Gasteiger partial charge in [-0.2, -0.15) is 5.10 Å². The Morgan fingerprint density at radius 1 is 1.23 bits per heavy atom. The van der Waals surface area contributed by atoms with Gasteiger partial charge in [0.25, 0.3) is 0 Å². The summed E-state index contributed by atoms with van der Waals surface area (Å²) in [6, 6.07) is 10.0. The lowest BCUT2D eigenvalue weighted by atomic mass is 10.3. The molecule has 66 valence electrons. The van der Waals surface area contributed by atoms with E-state index in [2.05, 4.69) is 21.0 Å². The molecule has 1 heterocycles. The van der Waals surface area contributed by atoms with Gasteiger partial charge in [0.2, 0.25) is 0 Å². The number of hydrogen-bond donors (Lipinski definition) is 0. The summed E-state index contributed by atoms with van der Waals surface area (Å²) < 4.78 is 2.96. The highest BCUT2D eigenvalue weighted by molar-refractivity contribution is 9.10. The number of rotatable bonds is 1. The van der Waals surface area contributed by atoms with Crippen LogP contribution in [0.4, 0.5) is 0 Å². The Kier molecular flexibility index (Phi) is 2.19. The van der Waals surface area contributed by atoms with E-state index in [1.165, 1.54) is 0 Å². The smallest absolute Gasteiger partial charge is 0.0790 e. The predicted molar refractivity (Wildman–Crippen MR) is 56.0 cm³/mol. The van der Waals surface area contributed by atoms with E-state index in [0.717, 1.165) is 15.9 Å². The van der Waals surface area contributed by atoms with Gasteiger partial charge in [0.05, 0.1) is 5.69 Å². The van der Waals surface area contributed by atoms with Crippen molar-refractivity contribution in [3.8, 4) is 5.69 Å². The summed E-state index contributed by atoms with van der Waals surface area (Å²) in [4.78, 5) is 0. The third kappa shape index (κ3) is 1.52. The maximum atomic E-state index is 4.23. The number of nitrogens with zero attached hydrogens (tertiary/aromatic N) is 2. The van der Waals surface area contributed by atoms with Crippen molar-refractivity contribution in [2.24, 2.45) is 0 Å². The summed E-state index contributed by atoms with van der Waals surface area (Å²) in [5.74, 6) is 0. The molecule has 0 aliphatic rings. The molecule has 0 spiro atoms. The molecule has 0 amide bonds. The molecule has 2 nitrogen and oxygen atoms in total. The molecule has 0 unspecified atom stereocenters. The van der Waals surface area contributed by atoms with E-state index in [1.807, 2.05) is 41.9 Å². The topological polar surface area (TPSA) is 17.8 Å². The number of aryl methyl sites for hydroxylation is 1. The van der Waals surface area contributed by atoms with Crippen LogP contribution in [-0.4, -0.2) is 9.78 Å². The molecule has 0 aliphatic heterocycles. The van der Waals surface area contributed by atoms with Crippen LogP contribution in [0.25, 0.3) is 5.69 Å². The number of halogens is 1. The first-order chi connectivity index (χ1) is 6.29. The molecule has 3 heteroatoms. The van der Waals surface area contributed by atoms with Crippen molar-refractivity contribution < 1.29 is 0 Å². The monoisotopic (exact) mass is 236 g/mol. The summed E-state index contributed by atoms with van der Waals surface area (Å²) in [6.07, 6.45) is 1.80. The molecule has 0 atom stereocenters. The number of aromatic nitrogens is 2. The molecule has 0 saturated heterocycles. The van der Waals surface area contributed by atoms with Crippen LogP contribution in [0.15, 0.2) is 41.0 Å². The minimum absolute atomic E-state index is 1.06. The lowest BCUT2D eigenvalue weighted by Crippen LogP contribution is -1.98. The van der Waals surface area contributed by atoms with Crippen LogP contribution >= 0.6 is 15.9 Å². The van der Waals surface area contributed by atoms with Gasteiger partial charge >= 0.3 is 0 Å². The molecule has 1 aromatic carbocycles. The van der Waals surface area contributed by atoms with Crippen LogP contribution in [0.5, 0.6) is 0 Å². The van der Waals surface area contributed by atoms with Gasteiger partial charge in [0.15, 0.2) is 0 Å². The minimum Gasteiger partial charge on any atom is -0.237 e. The Morgan fingerprint density at radius 2 is 2.00 bits per heavy atom. The zero-order valence-electron chi connectivity index (χ0n) is 7.24. The Balaban J connectivity index is 2.59. The second-order valence-corrected chi connectivity index (χ2v) is 3.69. The lowest BCUT2D eigenvalue weighted by molar-refractivity contribution is 0.843. The van der Waals surface area contributed by atoms with Gasteiger partial charge in [-0.25, -0.2) is 4.68 Å². The van der Waals surface area contributed by atoms with E-state index in [-0.39, 0.29) is 0 Å². The maximum Gasteiger partial charge on any atom is 0.0790 e. The van der Waals surface area contributed by atoms with E-state index in [0.29, 0.717) is 0 Å². The Bertz CT molecular complexity index is 420. The second-order valence-electron chi connectivity index (χ2n) is 2.84. The van der Waals surface area contributed by atoms with Crippen LogP contribution in [0.1, 0.15) is 5.69 Å². The second kappa shape index (κ2) is 3.34.